The molecule has 0 aliphatic heterocycles. The Morgan fingerprint density at radius 2 is 1.07 bits per heavy atom. The number of benzene rings is 4. The summed E-state index contributed by atoms with van der Waals surface area (Å²) in [7, 11) is 0. The highest BCUT2D eigenvalue weighted by atomic mass is 16.1. The van der Waals surface area contributed by atoms with Gasteiger partial charge in [-0.1, -0.05) is 91.0 Å². The van der Waals surface area contributed by atoms with Crippen molar-refractivity contribution in [2.24, 2.45) is 0 Å². The average Bonchev–Trinajstić information content (AvgIpc) is 2.75. The topological polar surface area (TPSA) is 43.1 Å². The van der Waals surface area contributed by atoms with Gasteiger partial charge < -0.3 is 5.73 Å². The Morgan fingerprint density at radius 3 is 1.62 bits per heavy atom. The second-order valence-corrected chi connectivity index (χ2v) is 7.27. The first kappa shape index (κ1) is 18.7. The molecule has 0 amide bonds. The third-order valence-corrected chi connectivity index (χ3v) is 5.08. The van der Waals surface area contributed by atoms with Crippen molar-refractivity contribution in [3.63, 3.8) is 0 Å². The van der Waals surface area contributed by atoms with Gasteiger partial charge >= 0.3 is 0 Å². The summed E-state index contributed by atoms with van der Waals surface area (Å²) < 4.78 is 0. The lowest BCUT2D eigenvalue weighted by Gasteiger charge is -2.09. The molecular weight excluding hydrogens is 354 g/mol. The Hall–Kier alpha value is -3.65. The lowest BCUT2D eigenvalue weighted by atomic mass is 9.96. The number of anilines is 1. The van der Waals surface area contributed by atoms with E-state index in [0.717, 1.165) is 18.4 Å². The first-order valence-corrected chi connectivity index (χ1v) is 9.79. The molecule has 2 nitrogen and oxygen atoms in total. The molecule has 0 unspecified atom stereocenters. The van der Waals surface area contributed by atoms with Crippen molar-refractivity contribution in [1.82, 2.24) is 0 Å². The standard InChI is InChI=1S/C27H23NO/c28-26-19-23(18-21-9-5-2-6-10-21)13-16-25(26)27(29)24-14-11-22(12-15-24)17-20-7-3-1-4-8-20/h1-16,19H,17-18,28H2. The molecule has 0 radical (unpaired) electrons. The molecule has 0 heterocycles. The minimum Gasteiger partial charge on any atom is -0.398 e. The van der Waals surface area contributed by atoms with Crippen molar-refractivity contribution in [1.29, 1.82) is 0 Å². The molecule has 0 atom stereocenters. The first-order valence-electron chi connectivity index (χ1n) is 9.79. The van der Waals surface area contributed by atoms with Crippen LogP contribution in [0, 0.1) is 0 Å². The van der Waals surface area contributed by atoms with E-state index >= 15 is 0 Å². The molecule has 0 spiro atoms. The first-order chi connectivity index (χ1) is 14.2. The zero-order valence-corrected chi connectivity index (χ0v) is 16.2. The third-order valence-electron chi connectivity index (χ3n) is 5.08. The van der Waals surface area contributed by atoms with Crippen LogP contribution in [-0.4, -0.2) is 5.78 Å². The fourth-order valence-corrected chi connectivity index (χ4v) is 3.52. The van der Waals surface area contributed by atoms with Crippen LogP contribution in [0.5, 0.6) is 0 Å². The molecule has 2 heteroatoms. The molecule has 0 aliphatic rings. The van der Waals surface area contributed by atoms with E-state index < -0.39 is 0 Å². The van der Waals surface area contributed by atoms with E-state index in [-0.39, 0.29) is 5.78 Å². The van der Waals surface area contributed by atoms with Gasteiger partial charge in [-0.25, -0.2) is 0 Å². The quantitative estimate of drug-likeness (QED) is 0.347. The number of carbonyl (C=O) groups excluding carboxylic acids is 1. The minimum absolute atomic E-state index is 0.0416. The van der Waals surface area contributed by atoms with Crippen LogP contribution in [0.4, 0.5) is 5.69 Å². The van der Waals surface area contributed by atoms with Crippen molar-refractivity contribution in [3.8, 4) is 0 Å². The number of carbonyl (C=O) groups is 1. The van der Waals surface area contributed by atoms with Gasteiger partial charge in [-0.3, -0.25) is 4.79 Å². The van der Waals surface area contributed by atoms with Gasteiger partial charge in [0.05, 0.1) is 0 Å². The highest BCUT2D eigenvalue weighted by molar-refractivity contribution is 6.12. The summed E-state index contributed by atoms with van der Waals surface area (Å²) in [6, 6.07) is 34.1. The van der Waals surface area contributed by atoms with Crippen molar-refractivity contribution >= 4 is 11.5 Å². The van der Waals surface area contributed by atoms with Crippen LogP contribution < -0.4 is 5.73 Å². The SMILES string of the molecule is Nc1cc(Cc2ccccc2)ccc1C(=O)c1ccc(Cc2ccccc2)cc1. The van der Waals surface area contributed by atoms with Gasteiger partial charge in [0.1, 0.15) is 0 Å². The van der Waals surface area contributed by atoms with Crippen LogP contribution >= 0.6 is 0 Å². The molecule has 4 aromatic rings. The van der Waals surface area contributed by atoms with Gasteiger partial charge in [0.2, 0.25) is 0 Å². The van der Waals surface area contributed by atoms with E-state index in [1.165, 1.54) is 16.7 Å². The molecule has 4 aromatic carbocycles. The fourth-order valence-electron chi connectivity index (χ4n) is 3.52. The average molecular weight is 377 g/mol. The molecule has 0 aliphatic carbocycles. The van der Waals surface area contributed by atoms with Gasteiger partial charge in [0.25, 0.3) is 0 Å². The van der Waals surface area contributed by atoms with Crippen molar-refractivity contribution in [3.05, 3.63) is 137 Å². The molecule has 142 valence electrons. The third kappa shape index (κ3) is 4.61. The van der Waals surface area contributed by atoms with Gasteiger partial charge in [-0.15, -0.1) is 0 Å². The summed E-state index contributed by atoms with van der Waals surface area (Å²) in [5.74, 6) is -0.0416. The molecule has 4 rings (SSSR count). The molecule has 0 aromatic heterocycles. The van der Waals surface area contributed by atoms with Gasteiger partial charge in [0, 0.05) is 16.8 Å². The Kier molecular flexibility index (Phi) is 5.53. The van der Waals surface area contributed by atoms with Gasteiger partial charge in [-0.2, -0.15) is 0 Å². The molecule has 2 N–H and O–H groups in total. The molecular formula is C27H23NO. The number of ketones is 1. The maximum atomic E-state index is 12.9. The highest BCUT2D eigenvalue weighted by Crippen LogP contribution is 2.21. The van der Waals surface area contributed by atoms with E-state index in [1.807, 2.05) is 78.9 Å². The zero-order valence-electron chi connectivity index (χ0n) is 16.2. The van der Waals surface area contributed by atoms with E-state index in [4.69, 9.17) is 5.73 Å². The Morgan fingerprint density at radius 1 is 0.586 bits per heavy atom. The Balaban J connectivity index is 1.49. The monoisotopic (exact) mass is 377 g/mol. The van der Waals surface area contributed by atoms with E-state index in [2.05, 4.69) is 24.3 Å². The number of nitrogens with two attached hydrogens (primary N) is 1. The Bertz CT molecular complexity index is 1100. The van der Waals surface area contributed by atoms with Gasteiger partial charge in [-0.05, 0) is 47.2 Å². The largest absolute Gasteiger partial charge is 0.398 e. The lowest BCUT2D eigenvalue weighted by Crippen LogP contribution is -2.06. The number of hydrogen-bond acceptors (Lipinski definition) is 2. The lowest BCUT2D eigenvalue weighted by molar-refractivity contribution is 0.103. The molecule has 29 heavy (non-hydrogen) atoms. The summed E-state index contributed by atoms with van der Waals surface area (Å²) in [5.41, 5.74) is 12.7. The minimum atomic E-state index is -0.0416. The van der Waals surface area contributed by atoms with E-state index in [9.17, 15) is 4.79 Å². The fraction of sp³-hybridized carbons (Fsp3) is 0.0741. The van der Waals surface area contributed by atoms with Crippen LogP contribution in [0.3, 0.4) is 0 Å². The highest BCUT2D eigenvalue weighted by Gasteiger charge is 2.13. The summed E-state index contributed by atoms with van der Waals surface area (Å²) in [6.45, 7) is 0. The van der Waals surface area contributed by atoms with Crippen LogP contribution in [0.25, 0.3) is 0 Å². The van der Waals surface area contributed by atoms with Crippen molar-refractivity contribution in [2.45, 2.75) is 12.8 Å². The number of nitrogen functional groups attached to an aromatic ring is 1. The maximum absolute atomic E-state index is 12.9. The Labute approximate surface area is 171 Å². The summed E-state index contributed by atoms with van der Waals surface area (Å²) in [6.07, 6.45) is 1.65. The second-order valence-electron chi connectivity index (χ2n) is 7.27. The van der Waals surface area contributed by atoms with Crippen LogP contribution in [0.15, 0.2) is 103 Å². The number of hydrogen-bond donors (Lipinski definition) is 1. The van der Waals surface area contributed by atoms with Crippen LogP contribution in [0.2, 0.25) is 0 Å². The van der Waals surface area contributed by atoms with Gasteiger partial charge in [0.15, 0.2) is 5.78 Å². The molecule has 0 fully saturated rings. The number of rotatable bonds is 6. The molecule has 0 saturated carbocycles. The van der Waals surface area contributed by atoms with Crippen molar-refractivity contribution < 1.29 is 4.79 Å². The zero-order chi connectivity index (χ0) is 20.1. The molecule has 0 saturated heterocycles. The smallest absolute Gasteiger partial charge is 0.195 e. The summed E-state index contributed by atoms with van der Waals surface area (Å²) >= 11 is 0. The second kappa shape index (κ2) is 8.57. The summed E-state index contributed by atoms with van der Waals surface area (Å²) in [4.78, 5) is 12.9. The van der Waals surface area contributed by atoms with E-state index in [0.29, 0.717) is 16.8 Å². The predicted octanol–water partition coefficient (Wildman–Crippen LogP) is 5.68. The van der Waals surface area contributed by atoms with Crippen LogP contribution in [-0.2, 0) is 12.8 Å². The van der Waals surface area contributed by atoms with Crippen LogP contribution in [0.1, 0.15) is 38.2 Å². The maximum Gasteiger partial charge on any atom is 0.195 e. The van der Waals surface area contributed by atoms with Crippen molar-refractivity contribution in [2.75, 3.05) is 5.73 Å². The summed E-state index contributed by atoms with van der Waals surface area (Å²) in [5, 5.41) is 0. The predicted molar refractivity (Wildman–Crippen MR) is 119 cm³/mol. The normalized spacial score (nSPS) is 10.6. The van der Waals surface area contributed by atoms with E-state index in [1.54, 1.807) is 0 Å². The molecule has 0 bridgehead atoms.